The predicted octanol–water partition coefficient (Wildman–Crippen LogP) is 2.30. The van der Waals surface area contributed by atoms with Crippen LogP contribution in [0.15, 0.2) is 74.9 Å². The van der Waals surface area contributed by atoms with E-state index in [4.69, 9.17) is 14.0 Å². The number of amidine groups is 1. The Balaban J connectivity index is 1.40. The third-order valence-corrected chi connectivity index (χ3v) is 4.08. The summed E-state index contributed by atoms with van der Waals surface area (Å²) in [5.74, 6) is -0.135. The van der Waals surface area contributed by atoms with Crippen LogP contribution >= 0.6 is 0 Å². The zero-order valence-corrected chi connectivity index (χ0v) is 14.3. The van der Waals surface area contributed by atoms with Crippen molar-refractivity contribution in [1.82, 2.24) is 5.48 Å². The molecule has 0 aliphatic carbocycles. The van der Waals surface area contributed by atoms with E-state index < -0.39 is 17.7 Å². The van der Waals surface area contributed by atoms with Crippen LogP contribution in [0.2, 0.25) is 0 Å². The second-order valence-corrected chi connectivity index (χ2v) is 5.98. The molecule has 0 unspecified atom stereocenters. The fraction of sp³-hybridized carbons (Fsp3) is 0.150. The summed E-state index contributed by atoms with van der Waals surface area (Å²) in [6.07, 6.45) is -0.450. The van der Waals surface area contributed by atoms with Crippen LogP contribution in [-0.2, 0) is 9.57 Å². The van der Waals surface area contributed by atoms with Crippen LogP contribution in [0.1, 0.15) is 15.9 Å². The number of hydrogen-bond acceptors (Lipinski definition) is 7. The number of carbonyl (C=O) groups excluding carboxylic acids is 1. The van der Waals surface area contributed by atoms with Crippen molar-refractivity contribution in [2.24, 2.45) is 4.99 Å². The van der Waals surface area contributed by atoms with Gasteiger partial charge >= 0.3 is 11.6 Å². The molecule has 2 heterocycles. The summed E-state index contributed by atoms with van der Waals surface area (Å²) in [7, 11) is 0. The molecule has 0 amide bonds. The summed E-state index contributed by atoms with van der Waals surface area (Å²) in [6, 6.07) is 18.0. The van der Waals surface area contributed by atoms with E-state index in [9.17, 15) is 9.59 Å². The fourth-order valence-corrected chi connectivity index (χ4v) is 2.69. The Bertz CT molecular complexity index is 1060. The van der Waals surface area contributed by atoms with Crippen LogP contribution in [0, 0.1) is 0 Å². The standard InChI is InChI=1S/C20H16N2O5/c23-19(16-10-14-8-4-5-9-17(14)26-20(16)24)25-12-15-11-21-18(22-27-15)13-6-2-1-3-7-13/h1-10,15H,11-12H2,(H,21,22)/t15-/m1/s1. The topological polar surface area (TPSA) is 90.1 Å². The molecule has 27 heavy (non-hydrogen) atoms. The van der Waals surface area contributed by atoms with Crippen molar-refractivity contribution in [2.45, 2.75) is 6.10 Å². The smallest absolute Gasteiger partial charge is 0.351 e. The van der Waals surface area contributed by atoms with E-state index in [0.717, 1.165) is 5.56 Å². The van der Waals surface area contributed by atoms with E-state index >= 15 is 0 Å². The molecule has 2 aromatic carbocycles. The first-order valence-electron chi connectivity index (χ1n) is 8.42. The van der Waals surface area contributed by atoms with Gasteiger partial charge in [-0.1, -0.05) is 48.5 Å². The molecule has 0 radical (unpaired) electrons. The number of nitrogens with zero attached hydrogens (tertiary/aromatic N) is 1. The van der Waals surface area contributed by atoms with Gasteiger partial charge in [0.25, 0.3) is 0 Å². The largest absolute Gasteiger partial charge is 0.459 e. The van der Waals surface area contributed by atoms with Crippen LogP contribution in [0.4, 0.5) is 0 Å². The molecule has 0 saturated heterocycles. The highest BCUT2D eigenvalue weighted by atomic mass is 16.7. The van der Waals surface area contributed by atoms with Crippen molar-refractivity contribution in [1.29, 1.82) is 0 Å². The van der Waals surface area contributed by atoms with E-state index in [2.05, 4.69) is 10.5 Å². The SMILES string of the molecule is O=C(OC[C@H]1CN=C(c2ccccc2)NO1)c1cc2ccccc2oc1=O. The lowest BCUT2D eigenvalue weighted by molar-refractivity contribution is -0.0350. The first kappa shape index (κ1) is 17.0. The zero-order valence-electron chi connectivity index (χ0n) is 14.3. The van der Waals surface area contributed by atoms with Gasteiger partial charge in [-0.05, 0) is 12.1 Å². The molecular weight excluding hydrogens is 348 g/mol. The maximum absolute atomic E-state index is 12.2. The van der Waals surface area contributed by atoms with Crippen LogP contribution < -0.4 is 11.1 Å². The number of esters is 1. The Morgan fingerprint density at radius 2 is 1.93 bits per heavy atom. The van der Waals surface area contributed by atoms with Crippen molar-refractivity contribution in [3.05, 3.63) is 82.2 Å². The Hall–Kier alpha value is -3.45. The highest BCUT2D eigenvalue weighted by Gasteiger charge is 2.21. The molecular formula is C20H16N2O5. The van der Waals surface area contributed by atoms with Crippen molar-refractivity contribution in [3.8, 4) is 0 Å². The Kier molecular flexibility index (Phi) is 4.67. The lowest BCUT2D eigenvalue weighted by Crippen LogP contribution is -2.40. The molecule has 1 aromatic heterocycles. The van der Waals surface area contributed by atoms with Gasteiger partial charge in [0, 0.05) is 10.9 Å². The Morgan fingerprint density at radius 1 is 1.15 bits per heavy atom. The van der Waals surface area contributed by atoms with Gasteiger partial charge in [-0.15, -0.1) is 0 Å². The van der Waals surface area contributed by atoms with Gasteiger partial charge in [-0.2, -0.15) is 0 Å². The van der Waals surface area contributed by atoms with Gasteiger partial charge in [0.1, 0.15) is 23.9 Å². The second-order valence-electron chi connectivity index (χ2n) is 5.98. The predicted molar refractivity (Wildman–Crippen MR) is 98.6 cm³/mol. The monoisotopic (exact) mass is 364 g/mol. The maximum Gasteiger partial charge on any atom is 0.351 e. The highest BCUT2D eigenvalue weighted by molar-refractivity contribution is 5.98. The zero-order chi connectivity index (χ0) is 18.6. The minimum Gasteiger partial charge on any atom is -0.459 e. The first-order chi connectivity index (χ1) is 13.2. The minimum atomic E-state index is -0.754. The average Bonchev–Trinajstić information content (AvgIpc) is 2.72. The molecule has 136 valence electrons. The lowest BCUT2D eigenvalue weighted by atomic mass is 10.2. The van der Waals surface area contributed by atoms with Crippen LogP contribution in [0.5, 0.6) is 0 Å². The summed E-state index contributed by atoms with van der Waals surface area (Å²) in [5.41, 5.74) is 3.21. The van der Waals surface area contributed by atoms with E-state index in [1.165, 1.54) is 6.07 Å². The molecule has 1 atom stereocenters. The number of para-hydroxylation sites is 1. The molecule has 3 aromatic rings. The van der Waals surface area contributed by atoms with Crippen molar-refractivity contribution < 1.29 is 18.8 Å². The first-order valence-corrected chi connectivity index (χ1v) is 8.42. The molecule has 0 saturated carbocycles. The summed E-state index contributed by atoms with van der Waals surface area (Å²) in [6.45, 7) is 0.292. The number of aliphatic imine (C=N–C) groups is 1. The number of hydroxylamine groups is 1. The quantitative estimate of drug-likeness (QED) is 0.564. The Morgan fingerprint density at radius 3 is 2.70 bits per heavy atom. The minimum absolute atomic E-state index is 0.0380. The molecule has 1 aliphatic rings. The summed E-state index contributed by atoms with van der Waals surface area (Å²) >= 11 is 0. The number of benzene rings is 2. The summed E-state index contributed by atoms with van der Waals surface area (Å²) in [5, 5.41) is 0.650. The molecule has 0 bridgehead atoms. The van der Waals surface area contributed by atoms with Crippen LogP contribution in [-0.4, -0.2) is 31.1 Å². The van der Waals surface area contributed by atoms with Crippen molar-refractivity contribution in [2.75, 3.05) is 13.2 Å². The van der Waals surface area contributed by atoms with E-state index in [0.29, 0.717) is 23.3 Å². The van der Waals surface area contributed by atoms with Gasteiger partial charge in [0.15, 0.2) is 5.84 Å². The van der Waals surface area contributed by atoms with Gasteiger partial charge in [-0.3, -0.25) is 9.83 Å². The number of rotatable bonds is 4. The van der Waals surface area contributed by atoms with Crippen molar-refractivity contribution in [3.63, 3.8) is 0 Å². The third-order valence-electron chi connectivity index (χ3n) is 4.08. The number of carbonyl (C=O) groups is 1. The highest BCUT2D eigenvalue weighted by Crippen LogP contribution is 2.13. The number of hydrogen-bond donors (Lipinski definition) is 1. The Labute approximate surface area is 154 Å². The summed E-state index contributed by atoms with van der Waals surface area (Å²) < 4.78 is 10.4. The fourth-order valence-electron chi connectivity index (χ4n) is 2.69. The molecule has 7 nitrogen and oxygen atoms in total. The van der Waals surface area contributed by atoms with Crippen LogP contribution in [0.3, 0.4) is 0 Å². The van der Waals surface area contributed by atoms with E-state index in [1.807, 2.05) is 30.3 Å². The number of fused-ring (bicyclic) bond motifs is 1. The lowest BCUT2D eigenvalue weighted by Gasteiger charge is -2.22. The molecule has 0 fully saturated rings. The van der Waals surface area contributed by atoms with E-state index in [-0.39, 0.29) is 12.2 Å². The van der Waals surface area contributed by atoms with Gasteiger partial charge in [0.05, 0.1) is 6.54 Å². The number of nitrogens with one attached hydrogen (secondary N) is 1. The van der Waals surface area contributed by atoms with Gasteiger partial charge in [-0.25, -0.2) is 15.1 Å². The third kappa shape index (κ3) is 3.73. The average molecular weight is 364 g/mol. The van der Waals surface area contributed by atoms with Gasteiger partial charge in [0.2, 0.25) is 0 Å². The number of ether oxygens (including phenoxy) is 1. The van der Waals surface area contributed by atoms with Crippen LogP contribution in [0.25, 0.3) is 11.0 Å². The summed E-state index contributed by atoms with van der Waals surface area (Å²) in [4.78, 5) is 34.1. The van der Waals surface area contributed by atoms with E-state index in [1.54, 1.807) is 24.3 Å². The van der Waals surface area contributed by atoms with Crippen molar-refractivity contribution >= 4 is 22.8 Å². The normalized spacial score (nSPS) is 16.4. The maximum atomic E-state index is 12.2. The molecule has 1 aliphatic heterocycles. The second kappa shape index (κ2) is 7.43. The molecule has 4 rings (SSSR count). The molecule has 0 spiro atoms. The molecule has 7 heteroatoms. The molecule has 1 N–H and O–H groups in total. The van der Waals surface area contributed by atoms with Gasteiger partial charge < -0.3 is 9.15 Å².